The second-order valence-electron chi connectivity index (χ2n) is 5.00. The molecule has 100 valence electrons. The lowest BCUT2D eigenvalue weighted by Crippen LogP contribution is -2.36. The molecule has 3 rings (SSSR count). The summed E-state index contributed by atoms with van der Waals surface area (Å²) < 4.78 is 1.06. The normalized spacial score (nSPS) is 17.0. The van der Waals surface area contributed by atoms with Crippen LogP contribution in [0.25, 0.3) is 10.9 Å². The van der Waals surface area contributed by atoms with Crippen molar-refractivity contribution in [3.8, 4) is 0 Å². The third kappa shape index (κ3) is 2.47. The summed E-state index contributed by atoms with van der Waals surface area (Å²) in [4.78, 5) is 15.8. The number of carboxylic acid groups (broad SMARTS) is 1. The Morgan fingerprint density at radius 3 is 2.74 bits per heavy atom. The maximum absolute atomic E-state index is 10.9. The van der Waals surface area contributed by atoms with Gasteiger partial charge in [0.2, 0.25) is 0 Å². The molecule has 0 atom stereocenters. The molecule has 1 fully saturated rings. The van der Waals surface area contributed by atoms with E-state index >= 15 is 0 Å². The highest BCUT2D eigenvalue weighted by Crippen LogP contribution is 2.30. The van der Waals surface area contributed by atoms with E-state index < -0.39 is 6.09 Å². The van der Waals surface area contributed by atoms with Crippen LogP contribution in [0.1, 0.15) is 24.5 Å². The molecule has 1 aromatic heterocycles. The van der Waals surface area contributed by atoms with Crippen molar-refractivity contribution in [2.75, 3.05) is 13.1 Å². The van der Waals surface area contributed by atoms with Gasteiger partial charge >= 0.3 is 6.09 Å². The van der Waals surface area contributed by atoms with Gasteiger partial charge in [-0.2, -0.15) is 0 Å². The van der Waals surface area contributed by atoms with Crippen molar-refractivity contribution in [1.82, 2.24) is 9.88 Å². The minimum Gasteiger partial charge on any atom is -0.465 e. The molecule has 2 N–H and O–H groups in total. The predicted molar refractivity (Wildman–Crippen MR) is 77.6 cm³/mol. The first-order valence-electron chi connectivity index (χ1n) is 6.39. The van der Waals surface area contributed by atoms with Crippen molar-refractivity contribution in [3.05, 3.63) is 34.4 Å². The molecule has 0 saturated carbocycles. The van der Waals surface area contributed by atoms with Crippen LogP contribution in [0.2, 0.25) is 0 Å². The fraction of sp³-hybridized carbons (Fsp3) is 0.357. The number of hydrogen-bond donors (Lipinski definition) is 2. The molecule has 0 aliphatic carbocycles. The molecule has 4 nitrogen and oxygen atoms in total. The van der Waals surface area contributed by atoms with E-state index in [2.05, 4.69) is 39.1 Å². The van der Waals surface area contributed by atoms with Crippen molar-refractivity contribution in [2.24, 2.45) is 0 Å². The minimum absolute atomic E-state index is 0.432. The average molecular weight is 323 g/mol. The number of hydrogen-bond acceptors (Lipinski definition) is 1. The number of halogens is 1. The number of carbonyl (C=O) groups is 1. The van der Waals surface area contributed by atoms with Gasteiger partial charge in [0, 0.05) is 34.7 Å². The summed E-state index contributed by atoms with van der Waals surface area (Å²) in [6, 6.07) is 8.38. The molecule has 1 aliphatic rings. The van der Waals surface area contributed by atoms with Crippen LogP contribution in [0.15, 0.2) is 28.7 Å². The van der Waals surface area contributed by atoms with E-state index in [-0.39, 0.29) is 0 Å². The van der Waals surface area contributed by atoms with Crippen molar-refractivity contribution < 1.29 is 9.90 Å². The summed E-state index contributed by atoms with van der Waals surface area (Å²) in [7, 11) is 0. The molecule has 5 heteroatoms. The lowest BCUT2D eigenvalue weighted by Gasteiger charge is -2.29. The van der Waals surface area contributed by atoms with E-state index in [4.69, 9.17) is 5.11 Å². The standard InChI is InChI=1S/C14H15BrN2O2/c15-11-2-1-10-7-12(16-13(10)8-11)9-3-5-17(6-4-9)14(18)19/h1-2,7-9,16H,3-6H2,(H,18,19). The largest absolute Gasteiger partial charge is 0.465 e. The van der Waals surface area contributed by atoms with Gasteiger partial charge in [-0.25, -0.2) is 4.79 Å². The molecule has 0 radical (unpaired) electrons. The number of benzene rings is 1. The quantitative estimate of drug-likeness (QED) is 0.839. The first-order valence-corrected chi connectivity index (χ1v) is 7.19. The van der Waals surface area contributed by atoms with Gasteiger partial charge in [-0.15, -0.1) is 0 Å². The van der Waals surface area contributed by atoms with Crippen LogP contribution in [0.3, 0.4) is 0 Å². The smallest absolute Gasteiger partial charge is 0.407 e. The Labute approximate surface area is 119 Å². The second kappa shape index (κ2) is 4.89. The number of H-pyrrole nitrogens is 1. The third-order valence-electron chi connectivity index (χ3n) is 3.81. The van der Waals surface area contributed by atoms with Gasteiger partial charge in [0.15, 0.2) is 0 Å². The van der Waals surface area contributed by atoms with Crippen LogP contribution < -0.4 is 0 Å². The zero-order chi connectivity index (χ0) is 13.4. The van der Waals surface area contributed by atoms with Gasteiger partial charge in [-0.1, -0.05) is 22.0 Å². The monoisotopic (exact) mass is 322 g/mol. The summed E-state index contributed by atoms with van der Waals surface area (Å²) in [5, 5.41) is 10.2. The van der Waals surface area contributed by atoms with Crippen LogP contribution >= 0.6 is 15.9 Å². The Bertz CT molecular complexity index is 615. The Balaban J connectivity index is 1.80. The summed E-state index contributed by atoms with van der Waals surface area (Å²) in [6.45, 7) is 1.25. The van der Waals surface area contributed by atoms with Crippen molar-refractivity contribution in [1.29, 1.82) is 0 Å². The number of fused-ring (bicyclic) bond motifs is 1. The van der Waals surface area contributed by atoms with Crippen LogP contribution in [0, 0.1) is 0 Å². The maximum atomic E-state index is 10.9. The first kappa shape index (κ1) is 12.5. The molecule has 0 bridgehead atoms. The van der Waals surface area contributed by atoms with Crippen LogP contribution in [0.4, 0.5) is 4.79 Å². The van der Waals surface area contributed by atoms with Gasteiger partial charge in [0.1, 0.15) is 0 Å². The molecule has 19 heavy (non-hydrogen) atoms. The zero-order valence-corrected chi connectivity index (χ0v) is 12.0. The molecule has 1 amide bonds. The van der Waals surface area contributed by atoms with Gasteiger partial charge in [-0.05, 0) is 36.4 Å². The zero-order valence-electron chi connectivity index (χ0n) is 10.4. The summed E-state index contributed by atoms with van der Waals surface area (Å²) in [6.07, 6.45) is 0.972. The minimum atomic E-state index is -0.806. The van der Waals surface area contributed by atoms with E-state index in [0.717, 1.165) is 22.8 Å². The SMILES string of the molecule is O=C(O)N1CCC(c2cc3ccc(Br)cc3[nH]2)CC1. The fourth-order valence-electron chi connectivity index (χ4n) is 2.72. The Kier molecular flexibility index (Phi) is 3.22. The molecule has 2 heterocycles. The molecule has 0 unspecified atom stereocenters. The van der Waals surface area contributed by atoms with E-state index in [0.29, 0.717) is 19.0 Å². The summed E-state index contributed by atoms with van der Waals surface area (Å²) in [5.74, 6) is 0.432. The topological polar surface area (TPSA) is 56.3 Å². The summed E-state index contributed by atoms with van der Waals surface area (Å²) >= 11 is 3.47. The van der Waals surface area contributed by atoms with Crippen LogP contribution in [-0.4, -0.2) is 34.2 Å². The summed E-state index contributed by atoms with van der Waals surface area (Å²) in [5.41, 5.74) is 2.35. The number of rotatable bonds is 1. The highest BCUT2D eigenvalue weighted by atomic mass is 79.9. The van der Waals surface area contributed by atoms with Gasteiger partial charge in [0.05, 0.1) is 0 Å². The Morgan fingerprint density at radius 2 is 2.05 bits per heavy atom. The van der Waals surface area contributed by atoms with Crippen molar-refractivity contribution >= 4 is 32.9 Å². The third-order valence-corrected chi connectivity index (χ3v) is 4.30. The Morgan fingerprint density at radius 1 is 1.32 bits per heavy atom. The average Bonchev–Trinajstić information content (AvgIpc) is 2.81. The first-order chi connectivity index (χ1) is 9.13. The number of nitrogens with one attached hydrogen (secondary N) is 1. The van der Waals surface area contributed by atoms with E-state index in [1.807, 2.05) is 6.07 Å². The number of piperidine rings is 1. The van der Waals surface area contributed by atoms with E-state index in [9.17, 15) is 4.79 Å². The molecule has 1 aliphatic heterocycles. The number of amides is 1. The number of aromatic nitrogens is 1. The number of aromatic amines is 1. The molecule has 1 saturated heterocycles. The lowest BCUT2D eigenvalue weighted by atomic mass is 9.94. The highest BCUT2D eigenvalue weighted by molar-refractivity contribution is 9.10. The molecular weight excluding hydrogens is 308 g/mol. The maximum Gasteiger partial charge on any atom is 0.407 e. The molecular formula is C14H15BrN2O2. The number of nitrogens with zero attached hydrogens (tertiary/aromatic N) is 1. The molecule has 0 spiro atoms. The van der Waals surface area contributed by atoms with Gasteiger partial charge in [-0.3, -0.25) is 0 Å². The molecule has 1 aromatic carbocycles. The molecule has 2 aromatic rings. The lowest BCUT2D eigenvalue weighted by molar-refractivity contribution is 0.132. The highest BCUT2D eigenvalue weighted by Gasteiger charge is 2.24. The van der Waals surface area contributed by atoms with Gasteiger partial charge in [0.25, 0.3) is 0 Å². The predicted octanol–water partition coefficient (Wildman–Crippen LogP) is 3.79. The van der Waals surface area contributed by atoms with E-state index in [1.165, 1.54) is 16.0 Å². The van der Waals surface area contributed by atoms with Crippen molar-refractivity contribution in [3.63, 3.8) is 0 Å². The Hall–Kier alpha value is -1.49. The second-order valence-corrected chi connectivity index (χ2v) is 5.92. The fourth-order valence-corrected chi connectivity index (χ4v) is 3.08. The van der Waals surface area contributed by atoms with Crippen molar-refractivity contribution in [2.45, 2.75) is 18.8 Å². The van der Waals surface area contributed by atoms with Crippen LogP contribution in [0.5, 0.6) is 0 Å². The van der Waals surface area contributed by atoms with Gasteiger partial charge < -0.3 is 15.0 Å². The van der Waals surface area contributed by atoms with E-state index in [1.54, 1.807) is 0 Å². The van der Waals surface area contributed by atoms with Crippen LogP contribution in [-0.2, 0) is 0 Å². The number of likely N-dealkylation sites (tertiary alicyclic amines) is 1.